The molecule has 42 heavy (non-hydrogen) atoms. The van der Waals surface area contributed by atoms with Crippen LogP contribution in [0.3, 0.4) is 0 Å². The molecule has 238 valence electrons. The number of cyclic esters (lactones) is 1. The van der Waals surface area contributed by atoms with E-state index in [-0.39, 0.29) is 5.91 Å². The summed E-state index contributed by atoms with van der Waals surface area (Å²) in [7, 11) is 0. The summed E-state index contributed by atoms with van der Waals surface area (Å²) in [5.74, 6) is 0.160. The standard InChI is InChI=1S/C37H61NO4/c1-3-5-7-9-11-13-15-16-18-20-22-24-32-41-34-27-25-33(26-28-34)37-38(35(39)29-30-36(40)42-37)31-23-21-19-17-14-12-10-8-6-4-2/h25-30,37H,3-24,31-32H2,1-2H3. The fourth-order valence-electron chi connectivity index (χ4n) is 5.67. The number of amides is 1. The van der Waals surface area contributed by atoms with Gasteiger partial charge in [-0.3, -0.25) is 9.69 Å². The Morgan fingerprint density at radius 3 is 1.55 bits per heavy atom. The normalized spacial score (nSPS) is 15.2. The molecule has 1 atom stereocenters. The SMILES string of the molecule is CCCCCCCCCCCCCCOc1ccc(C2OC(=O)C=CC(=O)N2CCCCCCCCCCCC)cc1. The number of ether oxygens (including phenoxy) is 2. The fraction of sp³-hybridized carbons (Fsp3) is 0.730. The number of esters is 1. The van der Waals surface area contributed by atoms with Gasteiger partial charge in [-0.15, -0.1) is 0 Å². The lowest BCUT2D eigenvalue weighted by atomic mass is 10.1. The monoisotopic (exact) mass is 583 g/mol. The Morgan fingerprint density at radius 1 is 0.595 bits per heavy atom. The third-order valence-electron chi connectivity index (χ3n) is 8.34. The van der Waals surface area contributed by atoms with E-state index in [0.29, 0.717) is 13.2 Å². The average Bonchev–Trinajstić information content (AvgIpc) is 3.14. The lowest BCUT2D eigenvalue weighted by Gasteiger charge is -2.29. The van der Waals surface area contributed by atoms with E-state index in [1.54, 1.807) is 4.90 Å². The van der Waals surface area contributed by atoms with Crippen molar-refractivity contribution >= 4 is 11.9 Å². The summed E-state index contributed by atoms with van der Waals surface area (Å²) >= 11 is 0. The van der Waals surface area contributed by atoms with Gasteiger partial charge < -0.3 is 9.47 Å². The van der Waals surface area contributed by atoms with Gasteiger partial charge in [0.2, 0.25) is 12.1 Å². The minimum absolute atomic E-state index is 0.172. The first-order valence-corrected chi connectivity index (χ1v) is 17.6. The van der Waals surface area contributed by atoms with Crippen LogP contribution in [0, 0.1) is 0 Å². The van der Waals surface area contributed by atoms with Crippen LogP contribution in [0.15, 0.2) is 36.4 Å². The predicted molar refractivity (Wildman–Crippen MR) is 175 cm³/mol. The van der Waals surface area contributed by atoms with Crippen molar-refractivity contribution in [2.45, 2.75) is 161 Å². The number of hydrogen-bond donors (Lipinski definition) is 0. The van der Waals surface area contributed by atoms with Gasteiger partial charge in [-0.1, -0.05) is 142 Å². The van der Waals surface area contributed by atoms with E-state index < -0.39 is 12.2 Å². The Bertz CT molecular complexity index is 850. The number of nitrogens with zero attached hydrogens (tertiary/aromatic N) is 1. The third kappa shape index (κ3) is 16.4. The number of unbranched alkanes of at least 4 members (excludes halogenated alkanes) is 20. The summed E-state index contributed by atoms with van der Waals surface area (Å²) < 4.78 is 11.7. The zero-order valence-electron chi connectivity index (χ0n) is 27.1. The van der Waals surface area contributed by atoms with Crippen molar-refractivity contribution in [3.63, 3.8) is 0 Å². The van der Waals surface area contributed by atoms with Gasteiger partial charge in [0.05, 0.1) is 6.61 Å². The van der Waals surface area contributed by atoms with Crippen molar-refractivity contribution in [2.75, 3.05) is 13.2 Å². The smallest absolute Gasteiger partial charge is 0.333 e. The molecule has 1 aliphatic rings. The Kier molecular flexibility index (Phi) is 20.7. The van der Waals surface area contributed by atoms with E-state index in [0.717, 1.165) is 30.6 Å². The molecule has 2 rings (SSSR count). The van der Waals surface area contributed by atoms with Crippen LogP contribution in [0.1, 0.15) is 167 Å². The van der Waals surface area contributed by atoms with E-state index in [1.165, 1.54) is 134 Å². The van der Waals surface area contributed by atoms with Gasteiger partial charge in [0.1, 0.15) is 5.75 Å². The van der Waals surface area contributed by atoms with E-state index in [9.17, 15) is 9.59 Å². The first kappa shape index (κ1) is 35.9. The topological polar surface area (TPSA) is 55.8 Å². The summed E-state index contributed by atoms with van der Waals surface area (Å²) in [6.07, 6.45) is 30.2. The highest BCUT2D eigenvalue weighted by Crippen LogP contribution is 2.28. The second-order valence-electron chi connectivity index (χ2n) is 12.1. The molecular formula is C37H61NO4. The van der Waals surface area contributed by atoms with Crippen LogP contribution in [0.25, 0.3) is 0 Å². The van der Waals surface area contributed by atoms with E-state index in [4.69, 9.17) is 9.47 Å². The molecule has 0 saturated carbocycles. The molecule has 0 radical (unpaired) electrons. The van der Waals surface area contributed by atoms with Gasteiger partial charge in [0.25, 0.3) is 0 Å². The molecule has 1 unspecified atom stereocenters. The van der Waals surface area contributed by atoms with Gasteiger partial charge in [-0.05, 0) is 37.1 Å². The van der Waals surface area contributed by atoms with Crippen molar-refractivity contribution < 1.29 is 19.1 Å². The molecule has 1 aromatic carbocycles. The quantitative estimate of drug-likeness (QED) is 0.0804. The van der Waals surface area contributed by atoms with Crippen molar-refractivity contribution in [1.29, 1.82) is 0 Å². The third-order valence-corrected chi connectivity index (χ3v) is 8.34. The highest BCUT2D eigenvalue weighted by molar-refractivity contribution is 5.96. The summed E-state index contributed by atoms with van der Waals surface area (Å²) in [5.41, 5.74) is 0.796. The number of carbonyl (C=O) groups is 2. The molecule has 0 spiro atoms. The maximum atomic E-state index is 12.8. The van der Waals surface area contributed by atoms with Crippen molar-refractivity contribution in [1.82, 2.24) is 4.90 Å². The lowest BCUT2D eigenvalue weighted by molar-refractivity contribution is -0.157. The number of benzene rings is 1. The zero-order chi connectivity index (χ0) is 30.1. The van der Waals surface area contributed by atoms with Crippen LogP contribution in [0.4, 0.5) is 0 Å². The van der Waals surface area contributed by atoms with Gasteiger partial charge >= 0.3 is 5.97 Å². The largest absolute Gasteiger partial charge is 0.494 e. The number of carbonyl (C=O) groups excluding carboxylic acids is 2. The first-order valence-electron chi connectivity index (χ1n) is 17.6. The summed E-state index contributed by atoms with van der Waals surface area (Å²) in [5, 5.41) is 0. The van der Waals surface area contributed by atoms with E-state index in [1.807, 2.05) is 24.3 Å². The van der Waals surface area contributed by atoms with Crippen molar-refractivity contribution in [2.24, 2.45) is 0 Å². The predicted octanol–water partition coefficient (Wildman–Crippen LogP) is 10.6. The number of hydrogen-bond acceptors (Lipinski definition) is 4. The van der Waals surface area contributed by atoms with Crippen LogP contribution in [-0.4, -0.2) is 29.9 Å². The molecule has 0 bridgehead atoms. The summed E-state index contributed by atoms with van der Waals surface area (Å²) in [6.45, 7) is 5.81. The Labute approximate surface area is 257 Å². The molecule has 0 aromatic heterocycles. The second-order valence-corrected chi connectivity index (χ2v) is 12.1. The number of rotatable bonds is 26. The van der Waals surface area contributed by atoms with Gasteiger partial charge in [0, 0.05) is 24.3 Å². The molecule has 5 heteroatoms. The minimum Gasteiger partial charge on any atom is -0.494 e. The van der Waals surface area contributed by atoms with Gasteiger partial charge in [-0.2, -0.15) is 0 Å². The van der Waals surface area contributed by atoms with Crippen LogP contribution >= 0.6 is 0 Å². The molecule has 1 aromatic rings. The molecule has 0 N–H and O–H groups in total. The maximum absolute atomic E-state index is 12.8. The molecular weight excluding hydrogens is 522 g/mol. The molecule has 0 fully saturated rings. The van der Waals surface area contributed by atoms with Crippen LogP contribution in [-0.2, 0) is 14.3 Å². The highest BCUT2D eigenvalue weighted by atomic mass is 16.6. The van der Waals surface area contributed by atoms with Gasteiger partial charge in [0.15, 0.2) is 0 Å². The Hall–Kier alpha value is -2.30. The molecule has 1 heterocycles. The molecule has 0 saturated heterocycles. The molecule has 0 aliphatic carbocycles. The summed E-state index contributed by atoms with van der Waals surface area (Å²) in [6, 6.07) is 7.68. The van der Waals surface area contributed by atoms with E-state index in [2.05, 4.69) is 13.8 Å². The zero-order valence-corrected chi connectivity index (χ0v) is 27.1. The van der Waals surface area contributed by atoms with Crippen LogP contribution < -0.4 is 4.74 Å². The molecule has 1 aliphatic heterocycles. The fourth-order valence-corrected chi connectivity index (χ4v) is 5.67. The van der Waals surface area contributed by atoms with Crippen LogP contribution in [0.5, 0.6) is 5.75 Å². The Morgan fingerprint density at radius 2 is 1.05 bits per heavy atom. The second kappa shape index (κ2) is 24.2. The van der Waals surface area contributed by atoms with Crippen molar-refractivity contribution in [3.05, 3.63) is 42.0 Å². The van der Waals surface area contributed by atoms with Crippen molar-refractivity contribution in [3.8, 4) is 5.75 Å². The van der Waals surface area contributed by atoms with Gasteiger partial charge in [-0.25, -0.2) is 4.79 Å². The lowest BCUT2D eigenvalue weighted by Crippen LogP contribution is -2.35. The average molecular weight is 584 g/mol. The highest BCUT2D eigenvalue weighted by Gasteiger charge is 2.29. The van der Waals surface area contributed by atoms with E-state index >= 15 is 0 Å². The molecule has 1 amide bonds. The summed E-state index contributed by atoms with van der Waals surface area (Å²) in [4.78, 5) is 26.7. The first-order chi connectivity index (χ1) is 20.7. The minimum atomic E-state index is -0.705. The van der Waals surface area contributed by atoms with Crippen LogP contribution in [0.2, 0.25) is 0 Å². The Balaban J connectivity index is 1.65. The molecule has 5 nitrogen and oxygen atoms in total. The maximum Gasteiger partial charge on any atom is 0.333 e.